The Morgan fingerprint density at radius 1 is 1.53 bits per heavy atom. The zero-order valence-corrected chi connectivity index (χ0v) is 9.57. The number of ether oxygens (including phenoxy) is 2. The predicted octanol–water partition coefficient (Wildman–Crippen LogP) is 0.953. The van der Waals surface area contributed by atoms with Crippen LogP contribution in [-0.2, 0) is 14.3 Å². The molecule has 4 atom stereocenters. The van der Waals surface area contributed by atoms with Gasteiger partial charge in [-0.25, -0.2) is 4.39 Å². The van der Waals surface area contributed by atoms with E-state index in [9.17, 15) is 9.18 Å². The van der Waals surface area contributed by atoms with Crippen LogP contribution in [-0.4, -0.2) is 49.6 Å². The molecular weight excluding hydrogens is 201 g/mol. The zero-order valence-electron chi connectivity index (χ0n) is 9.57. The van der Waals surface area contributed by atoms with Gasteiger partial charge in [-0.05, 0) is 27.4 Å². The van der Waals surface area contributed by atoms with Gasteiger partial charge in [0.1, 0.15) is 0 Å². The molecular formula is C10H18FNO3. The monoisotopic (exact) mass is 219 g/mol. The summed E-state index contributed by atoms with van der Waals surface area (Å²) in [5, 5.41) is 0. The molecule has 88 valence electrons. The fourth-order valence-electron chi connectivity index (χ4n) is 1.83. The third kappa shape index (κ3) is 3.14. The number of hydrogen-bond acceptors (Lipinski definition) is 4. The average Bonchev–Trinajstić information content (AvgIpc) is 2.08. The largest absolute Gasteiger partial charge is 0.455 e. The second-order valence-corrected chi connectivity index (χ2v) is 4.14. The van der Waals surface area contributed by atoms with Gasteiger partial charge in [0.15, 0.2) is 6.10 Å². The van der Waals surface area contributed by atoms with Gasteiger partial charge >= 0.3 is 5.97 Å². The van der Waals surface area contributed by atoms with Crippen LogP contribution in [0.15, 0.2) is 0 Å². The normalized spacial score (nSPS) is 36.7. The molecule has 1 aliphatic heterocycles. The molecule has 1 rings (SSSR count). The Morgan fingerprint density at radius 3 is 2.60 bits per heavy atom. The Bertz CT molecular complexity index is 235. The minimum Gasteiger partial charge on any atom is -0.455 e. The lowest BCUT2D eigenvalue weighted by Crippen LogP contribution is -2.53. The number of carbonyl (C=O) groups excluding carboxylic acids is 1. The van der Waals surface area contributed by atoms with E-state index in [1.54, 1.807) is 0 Å². The van der Waals surface area contributed by atoms with E-state index < -0.39 is 18.4 Å². The van der Waals surface area contributed by atoms with Gasteiger partial charge in [0.05, 0.1) is 12.1 Å². The molecule has 0 bridgehead atoms. The molecule has 0 aromatic carbocycles. The molecule has 1 saturated heterocycles. The van der Waals surface area contributed by atoms with Gasteiger partial charge in [0, 0.05) is 6.92 Å². The van der Waals surface area contributed by atoms with Crippen molar-refractivity contribution in [1.29, 1.82) is 0 Å². The number of alkyl halides is 1. The van der Waals surface area contributed by atoms with Crippen LogP contribution in [0.4, 0.5) is 4.39 Å². The van der Waals surface area contributed by atoms with Crippen LogP contribution in [0.5, 0.6) is 0 Å². The quantitative estimate of drug-likeness (QED) is 0.648. The molecule has 1 fully saturated rings. The molecule has 4 nitrogen and oxygen atoms in total. The molecule has 0 aromatic heterocycles. The lowest BCUT2D eigenvalue weighted by molar-refractivity contribution is -0.212. The second kappa shape index (κ2) is 4.90. The van der Waals surface area contributed by atoms with Crippen LogP contribution in [0.25, 0.3) is 0 Å². The van der Waals surface area contributed by atoms with E-state index in [2.05, 4.69) is 0 Å². The van der Waals surface area contributed by atoms with Crippen molar-refractivity contribution < 1.29 is 18.7 Å². The molecule has 0 amide bonds. The van der Waals surface area contributed by atoms with Gasteiger partial charge in [0.2, 0.25) is 6.36 Å². The summed E-state index contributed by atoms with van der Waals surface area (Å²) >= 11 is 0. The van der Waals surface area contributed by atoms with Crippen LogP contribution in [0.1, 0.15) is 20.3 Å². The van der Waals surface area contributed by atoms with E-state index >= 15 is 0 Å². The molecule has 0 aliphatic carbocycles. The van der Waals surface area contributed by atoms with Gasteiger partial charge in [0.25, 0.3) is 0 Å². The minimum atomic E-state index is -1.54. The highest BCUT2D eigenvalue weighted by atomic mass is 19.1. The topological polar surface area (TPSA) is 38.8 Å². The van der Waals surface area contributed by atoms with Gasteiger partial charge in [-0.1, -0.05) is 0 Å². The lowest BCUT2D eigenvalue weighted by atomic mass is 10.00. The van der Waals surface area contributed by atoms with E-state index in [4.69, 9.17) is 9.47 Å². The van der Waals surface area contributed by atoms with E-state index in [1.807, 2.05) is 25.9 Å². The van der Waals surface area contributed by atoms with E-state index in [0.717, 1.165) is 0 Å². The van der Waals surface area contributed by atoms with Crippen molar-refractivity contribution in [2.75, 3.05) is 14.1 Å². The van der Waals surface area contributed by atoms with Gasteiger partial charge in [-0.3, -0.25) is 4.79 Å². The second-order valence-electron chi connectivity index (χ2n) is 4.14. The molecule has 0 aromatic rings. The first-order chi connectivity index (χ1) is 6.91. The van der Waals surface area contributed by atoms with Crippen molar-refractivity contribution in [3.05, 3.63) is 0 Å². The Kier molecular flexibility index (Phi) is 4.04. The first-order valence-corrected chi connectivity index (χ1v) is 5.05. The number of esters is 1. The number of nitrogens with zero attached hydrogens (tertiary/aromatic N) is 1. The number of hydrogen-bond donors (Lipinski definition) is 0. The average molecular weight is 219 g/mol. The fraction of sp³-hybridized carbons (Fsp3) is 0.900. The molecule has 0 spiro atoms. The van der Waals surface area contributed by atoms with Gasteiger partial charge < -0.3 is 14.4 Å². The Labute approximate surface area is 89.3 Å². The predicted molar refractivity (Wildman–Crippen MR) is 53.1 cm³/mol. The highest BCUT2D eigenvalue weighted by Crippen LogP contribution is 2.26. The summed E-state index contributed by atoms with van der Waals surface area (Å²) in [6.45, 7) is 3.09. The van der Waals surface area contributed by atoms with Gasteiger partial charge in [-0.2, -0.15) is 0 Å². The van der Waals surface area contributed by atoms with Crippen molar-refractivity contribution in [2.24, 2.45) is 0 Å². The first kappa shape index (κ1) is 12.4. The van der Waals surface area contributed by atoms with Crippen molar-refractivity contribution >= 4 is 5.97 Å². The summed E-state index contributed by atoms with van der Waals surface area (Å²) in [7, 11) is 3.68. The third-order valence-corrected chi connectivity index (χ3v) is 2.54. The highest BCUT2D eigenvalue weighted by Gasteiger charge is 2.40. The molecule has 0 radical (unpaired) electrons. The minimum absolute atomic E-state index is 0.132. The number of rotatable bonds is 2. The summed E-state index contributed by atoms with van der Waals surface area (Å²) in [4.78, 5) is 12.7. The maximum Gasteiger partial charge on any atom is 0.303 e. The summed E-state index contributed by atoms with van der Waals surface area (Å²) in [6, 6.07) is -0.132. The Morgan fingerprint density at radius 2 is 2.13 bits per heavy atom. The Balaban J connectivity index is 2.73. The number of likely N-dealkylation sites (N-methyl/N-ethyl adjacent to an activating group) is 1. The zero-order chi connectivity index (χ0) is 11.6. The van der Waals surface area contributed by atoms with Crippen molar-refractivity contribution in [1.82, 2.24) is 4.90 Å². The lowest BCUT2D eigenvalue weighted by Gasteiger charge is -2.39. The molecule has 0 N–H and O–H groups in total. The number of carbonyl (C=O) groups is 1. The van der Waals surface area contributed by atoms with Gasteiger partial charge in [-0.15, -0.1) is 0 Å². The molecule has 1 aliphatic rings. The summed E-state index contributed by atoms with van der Waals surface area (Å²) in [5.74, 6) is -0.479. The fourth-order valence-corrected chi connectivity index (χ4v) is 1.83. The molecule has 3 unspecified atom stereocenters. The van der Waals surface area contributed by atoms with Crippen LogP contribution in [0.3, 0.4) is 0 Å². The maximum atomic E-state index is 13.5. The summed E-state index contributed by atoms with van der Waals surface area (Å²) in [6.07, 6.45) is -1.86. The SMILES string of the molecule is CC(=O)OC1C(N(C)C)CC(C)O[C@@H]1F. The molecule has 1 heterocycles. The van der Waals surface area contributed by atoms with Crippen molar-refractivity contribution in [3.8, 4) is 0 Å². The molecule has 15 heavy (non-hydrogen) atoms. The smallest absolute Gasteiger partial charge is 0.303 e. The molecule has 5 heteroatoms. The Hall–Kier alpha value is -0.680. The number of halogens is 1. The van der Waals surface area contributed by atoms with Crippen molar-refractivity contribution in [2.45, 2.75) is 44.9 Å². The summed E-state index contributed by atoms with van der Waals surface area (Å²) < 4.78 is 23.5. The van der Waals surface area contributed by atoms with Crippen molar-refractivity contribution in [3.63, 3.8) is 0 Å². The van der Waals surface area contributed by atoms with Crippen LogP contribution in [0.2, 0.25) is 0 Å². The van der Waals surface area contributed by atoms with Crippen LogP contribution in [0, 0.1) is 0 Å². The standard InChI is InChI=1S/C10H18FNO3/c1-6-5-8(12(3)4)9(10(11)14-6)15-7(2)13/h6,8-10H,5H2,1-4H3/t6?,8?,9?,10-/m0/s1. The van der Waals surface area contributed by atoms with E-state index in [0.29, 0.717) is 6.42 Å². The maximum absolute atomic E-state index is 13.5. The highest BCUT2D eigenvalue weighted by molar-refractivity contribution is 5.66. The van der Waals surface area contributed by atoms with E-state index in [-0.39, 0.29) is 12.1 Å². The molecule has 0 saturated carbocycles. The first-order valence-electron chi connectivity index (χ1n) is 5.05. The summed E-state index contributed by atoms with van der Waals surface area (Å²) in [5.41, 5.74) is 0. The van der Waals surface area contributed by atoms with Crippen LogP contribution < -0.4 is 0 Å². The van der Waals surface area contributed by atoms with E-state index in [1.165, 1.54) is 6.92 Å². The van der Waals surface area contributed by atoms with Crippen LogP contribution >= 0.6 is 0 Å². The third-order valence-electron chi connectivity index (χ3n) is 2.54.